The second kappa shape index (κ2) is 6.27. The number of anilines is 3. The molecule has 11 nitrogen and oxygen atoms in total. The van der Waals surface area contributed by atoms with Gasteiger partial charge in [0.15, 0.2) is 17.0 Å². The number of rotatable bonds is 0. The number of H-pyrrole nitrogens is 1. The molecular formula is C15H18N10O. The van der Waals surface area contributed by atoms with Crippen molar-refractivity contribution in [2.45, 2.75) is 13.8 Å². The van der Waals surface area contributed by atoms with E-state index < -0.39 is 0 Å². The first-order valence-corrected chi connectivity index (χ1v) is 7.60. The number of hydrogen-bond donors (Lipinski definition) is 4. The van der Waals surface area contributed by atoms with E-state index in [0.29, 0.717) is 22.2 Å². The highest BCUT2D eigenvalue weighted by atomic mass is 16.1. The van der Waals surface area contributed by atoms with Crippen molar-refractivity contribution in [3.63, 3.8) is 0 Å². The summed E-state index contributed by atoms with van der Waals surface area (Å²) in [6.07, 6.45) is 3.46. The molecule has 0 aliphatic carbocycles. The number of aromatic amines is 1. The number of fused-ring (bicyclic) bond motifs is 2. The monoisotopic (exact) mass is 354 g/mol. The molecule has 4 aromatic rings. The first-order valence-electron chi connectivity index (χ1n) is 7.60. The van der Waals surface area contributed by atoms with Crippen LogP contribution < -0.4 is 22.8 Å². The van der Waals surface area contributed by atoms with Gasteiger partial charge in [0, 0.05) is 13.2 Å². The fourth-order valence-corrected chi connectivity index (χ4v) is 2.54. The fourth-order valence-electron chi connectivity index (χ4n) is 2.54. The van der Waals surface area contributed by atoms with Crippen molar-refractivity contribution in [1.29, 1.82) is 0 Å². The van der Waals surface area contributed by atoms with Gasteiger partial charge in [0.05, 0.1) is 17.3 Å². The molecule has 0 spiro atoms. The Hall–Kier alpha value is -3.76. The average Bonchev–Trinajstić information content (AvgIpc) is 2.83. The Labute approximate surface area is 147 Å². The molecule has 0 aliphatic rings. The maximum absolute atomic E-state index is 11.4. The number of nitrogen functional groups attached to an aromatic ring is 3. The smallest absolute Gasteiger partial charge is 0.262 e. The largest absolute Gasteiger partial charge is 0.382 e. The molecule has 0 radical (unpaired) electrons. The molecule has 0 amide bonds. The Balaban J connectivity index is 0.000000151. The van der Waals surface area contributed by atoms with Gasteiger partial charge in [0.1, 0.15) is 5.65 Å². The van der Waals surface area contributed by atoms with E-state index in [1.165, 1.54) is 0 Å². The summed E-state index contributed by atoms with van der Waals surface area (Å²) in [5.74, 6) is 0.528. The van der Waals surface area contributed by atoms with E-state index in [4.69, 9.17) is 17.2 Å². The van der Waals surface area contributed by atoms with Crippen molar-refractivity contribution >= 4 is 39.9 Å². The molecule has 7 N–H and O–H groups in total. The lowest BCUT2D eigenvalue weighted by atomic mass is 10.3. The van der Waals surface area contributed by atoms with Crippen LogP contribution in [0.5, 0.6) is 0 Å². The normalized spacial score (nSPS) is 10.7. The van der Waals surface area contributed by atoms with Gasteiger partial charge in [-0.25, -0.2) is 9.97 Å². The van der Waals surface area contributed by atoms with Crippen LogP contribution in [0.25, 0.3) is 22.2 Å². The quantitative estimate of drug-likeness (QED) is 0.339. The zero-order valence-electron chi connectivity index (χ0n) is 14.5. The number of aryl methyl sites for hydroxylation is 3. The van der Waals surface area contributed by atoms with Gasteiger partial charge in [-0.1, -0.05) is 0 Å². The Morgan fingerprint density at radius 1 is 1.08 bits per heavy atom. The zero-order valence-corrected chi connectivity index (χ0v) is 14.5. The Morgan fingerprint density at radius 3 is 2.54 bits per heavy atom. The molecule has 4 rings (SSSR count). The summed E-state index contributed by atoms with van der Waals surface area (Å²) in [6.45, 7) is 3.69. The number of nitrogens with zero attached hydrogens (tertiary/aromatic N) is 6. The first kappa shape index (κ1) is 17.1. The van der Waals surface area contributed by atoms with E-state index in [2.05, 4.69) is 29.9 Å². The van der Waals surface area contributed by atoms with Gasteiger partial charge in [-0.15, -0.1) is 0 Å². The molecule has 4 heterocycles. The molecule has 0 atom stereocenters. The molecule has 4 aromatic heterocycles. The lowest BCUT2D eigenvalue weighted by Gasteiger charge is -2.00. The maximum Gasteiger partial charge on any atom is 0.262 e. The molecule has 134 valence electrons. The van der Waals surface area contributed by atoms with Crippen molar-refractivity contribution in [3.8, 4) is 0 Å². The van der Waals surface area contributed by atoms with Crippen LogP contribution in [0.2, 0.25) is 0 Å². The minimum absolute atomic E-state index is 0.114. The van der Waals surface area contributed by atoms with Gasteiger partial charge < -0.3 is 21.8 Å². The van der Waals surface area contributed by atoms with Crippen LogP contribution in [0.15, 0.2) is 17.2 Å². The topological polar surface area (TPSA) is 180 Å². The van der Waals surface area contributed by atoms with E-state index in [1.807, 2.05) is 27.1 Å². The highest BCUT2D eigenvalue weighted by molar-refractivity contribution is 5.81. The summed E-state index contributed by atoms with van der Waals surface area (Å²) in [5.41, 5.74) is 19.5. The molecule has 0 saturated carbocycles. The molecule has 11 heteroatoms. The SMILES string of the molecule is Cc1cn(C)c2nc(N)[nH]c(=O)c12.Cc1cnc2nc(N)nc(N)c2n1. The lowest BCUT2D eigenvalue weighted by molar-refractivity contribution is 0.940. The van der Waals surface area contributed by atoms with Crippen LogP contribution in [0.1, 0.15) is 11.3 Å². The van der Waals surface area contributed by atoms with Crippen molar-refractivity contribution in [2.24, 2.45) is 7.05 Å². The third-order valence-electron chi connectivity index (χ3n) is 3.61. The Kier molecular flexibility index (Phi) is 4.12. The van der Waals surface area contributed by atoms with Crippen LogP contribution in [0, 0.1) is 13.8 Å². The molecule has 0 unspecified atom stereocenters. The van der Waals surface area contributed by atoms with Crippen LogP contribution in [0.3, 0.4) is 0 Å². The van der Waals surface area contributed by atoms with Crippen LogP contribution in [-0.2, 0) is 7.05 Å². The van der Waals surface area contributed by atoms with Crippen molar-refractivity contribution < 1.29 is 0 Å². The van der Waals surface area contributed by atoms with Gasteiger partial charge in [-0.2, -0.15) is 15.0 Å². The van der Waals surface area contributed by atoms with Gasteiger partial charge in [-0.3, -0.25) is 9.78 Å². The highest BCUT2D eigenvalue weighted by Crippen LogP contribution is 2.14. The number of nitrogens with two attached hydrogens (primary N) is 3. The van der Waals surface area contributed by atoms with E-state index in [0.717, 1.165) is 11.3 Å². The van der Waals surface area contributed by atoms with Crippen LogP contribution in [-0.4, -0.2) is 34.5 Å². The van der Waals surface area contributed by atoms with Gasteiger partial charge in [0.2, 0.25) is 11.9 Å². The number of hydrogen-bond acceptors (Lipinski definition) is 9. The van der Waals surface area contributed by atoms with Gasteiger partial charge in [0.25, 0.3) is 5.56 Å². The second-order valence-electron chi connectivity index (χ2n) is 5.72. The van der Waals surface area contributed by atoms with Crippen LogP contribution >= 0.6 is 0 Å². The molecule has 0 bridgehead atoms. The zero-order chi connectivity index (χ0) is 19.0. The fraction of sp³-hybridized carbons (Fsp3) is 0.200. The summed E-state index contributed by atoms with van der Waals surface area (Å²) in [4.78, 5) is 33.8. The minimum atomic E-state index is -0.180. The molecule has 0 aromatic carbocycles. The lowest BCUT2D eigenvalue weighted by Crippen LogP contribution is -2.11. The second-order valence-corrected chi connectivity index (χ2v) is 5.72. The first-order chi connectivity index (χ1) is 12.3. The summed E-state index contributed by atoms with van der Waals surface area (Å²) >= 11 is 0. The highest BCUT2D eigenvalue weighted by Gasteiger charge is 2.08. The standard InChI is InChI=1S/C8H10N4O.C7H8N6/c1-4-3-12(2)6-5(4)7(13)11-8(9)10-6;1-3-2-10-6-4(11-3)5(8)12-7(9)13-6/h3H,1-2H3,(H3,9,10,11,13);2H,1H3,(H4,8,9,10,12,13). The Bertz CT molecular complexity index is 1180. The van der Waals surface area contributed by atoms with Crippen molar-refractivity contribution in [3.05, 3.63) is 34.0 Å². The van der Waals surface area contributed by atoms with Gasteiger partial charge >= 0.3 is 0 Å². The van der Waals surface area contributed by atoms with Crippen molar-refractivity contribution in [2.75, 3.05) is 17.2 Å². The molecule has 0 saturated heterocycles. The summed E-state index contributed by atoms with van der Waals surface area (Å²) in [5, 5.41) is 0.608. The van der Waals surface area contributed by atoms with E-state index in [9.17, 15) is 4.79 Å². The number of aromatic nitrogens is 7. The van der Waals surface area contributed by atoms with Crippen LogP contribution in [0.4, 0.5) is 17.7 Å². The summed E-state index contributed by atoms with van der Waals surface area (Å²) in [7, 11) is 1.83. The number of nitrogens with one attached hydrogen (secondary N) is 1. The molecule has 0 aliphatic heterocycles. The molecular weight excluding hydrogens is 336 g/mol. The maximum atomic E-state index is 11.4. The predicted octanol–water partition coefficient (Wildman–Crippen LogP) is 0.0448. The third kappa shape index (κ3) is 3.09. The third-order valence-corrected chi connectivity index (χ3v) is 3.61. The Morgan fingerprint density at radius 2 is 1.81 bits per heavy atom. The average molecular weight is 354 g/mol. The minimum Gasteiger partial charge on any atom is -0.382 e. The predicted molar refractivity (Wildman–Crippen MR) is 99.2 cm³/mol. The van der Waals surface area contributed by atoms with E-state index in [1.54, 1.807) is 10.8 Å². The molecule has 0 fully saturated rings. The summed E-state index contributed by atoms with van der Waals surface area (Å²) in [6, 6.07) is 0. The summed E-state index contributed by atoms with van der Waals surface area (Å²) < 4.78 is 1.79. The van der Waals surface area contributed by atoms with E-state index >= 15 is 0 Å². The van der Waals surface area contributed by atoms with Crippen molar-refractivity contribution in [1.82, 2.24) is 34.5 Å². The van der Waals surface area contributed by atoms with Gasteiger partial charge in [-0.05, 0) is 19.4 Å². The van der Waals surface area contributed by atoms with E-state index in [-0.39, 0.29) is 23.3 Å². The molecule has 26 heavy (non-hydrogen) atoms.